The Hall–Kier alpha value is -1.90. The molecule has 3 nitrogen and oxygen atoms in total. The van der Waals surface area contributed by atoms with Crippen LogP contribution in [0, 0.1) is 0 Å². The molecule has 0 atom stereocenters. The molecule has 0 saturated heterocycles. The van der Waals surface area contributed by atoms with Crippen LogP contribution in [0.25, 0.3) is 11.1 Å². The van der Waals surface area contributed by atoms with Crippen LogP contribution < -0.4 is 0 Å². The monoisotopic (exact) mass is 242 g/mol. The van der Waals surface area contributed by atoms with E-state index in [0.29, 0.717) is 6.42 Å². The smallest absolute Gasteiger partial charge is 0.162 e. The molecule has 0 bridgehead atoms. The van der Waals surface area contributed by atoms with Crippen LogP contribution in [0.3, 0.4) is 0 Å². The summed E-state index contributed by atoms with van der Waals surface area (Å²) in [5.41, 5.74) is 2.97. The van der Waals surface area contributed by atoms with Crippen LogP contribution in [-0.4, -0.2) is 15.6 Å². The molecule has 94 valence electrons. The highest BCUT2D eigenvalue weighted by molar-refractivity contribution is 5.96. The maximum absolute atomic E-state index is 11.8. The second kappa shape index (κ2) is 5.63. The van der Waals surface area contributed by atoms with Crippen LogP contribution in [0.2, 0.25) is 0 Å². The summed E-state index contributed by atoms with van der Waals surface area (Å²) in [6, 6.07) is 7.77. The van der Waals surface area contributed by atoms with E-state index in [1.165, 1.54) is 0 Å². The lowest BCUT2D eigenvalue weighted by molar-refractivity contribution is 0.0980. The van der Waals surface area contributed by atoms with E-state index in [1.54, 1.807) is 4.68 Å². The van der Waals surface area contributed by atoms with Crippen LogP contribution in [0.5, 0.6) is 0 Å². The predicted molar refractivity (Wildman–Crippen MR) is 72.5 cm³/mol. The Bertz CT molecular complexity index is 526. The van der Waals surface area contributed by atoms with Gasteiger partial charge in [0.15, 0.2) is 5.78 Å². The lowest BCUT2D eigenvalue weighted by atomic mass is 10.0. The zero-order valence-electron chi connectivity index (χ0n) is 10.9. The molecule has 0 aliphatic heterocycles. The third kappa shape index (κ3) is 2.86. The molecule has 0 N–H and O–H groups in total. The van der Waals surface area contributed by atoms with Gasteiger partial charge in [-0.1, -0.05) is 37.6 Å². The first-order valence-corrected chi connectivity index (χ1v) is 6.33. The zero-order chi connectivity index (χ0) is 13.0. The molecule has 1 aromatic heterocycles. The Balaban J connectivity index is 2.12. The van der Waals surface area contributed by atoms with Crippen LogP contribution in [-0.2, 0) is 7.05 Å². The summed E-state index contributed by atoms with van der Waals surface area (Å²) < 4.78 is 1.77. The van der Waals surface area contributed by atoms with E-state index in [9.17, 15) is 4.79 Å². The molecule has 0 fully saturated rings. The summed E-state index contributed by atoms with van der Waals surface area (Å²) >= 11 is 0. The van der Waals surface area contributed by atoms with Crippen LogP contribution >= 0.6 is 0 Å². The van der Waals surface area contributed by atoms with E-state index in [4.69, 9.17) is 0 Å². The van der Waals surface area contributed by atoms with Crippen molar-refractivity contribution < 1.29 is 4.79 Å². The number of benzene rings is 1. The number of aryl methyl sites for hydroxylation is 1. The third-order valence-electron chi connectivity index (χ3n) is 3.00. The summed E-state index contributed by atoms with van der Waals surface area (Å²) in [6.07, 6.45) is 6.45. The van der Waals surface area contributed by atoms with Gasteiger partial charge in [-0.3, -0.25) is 9.48 Å². The van der Waals surface area contributed by atoms with Gasteiger partial charge in [-0.05, 0) is 12.0 Å². The quantitative estimate of drug-likeness (QED) is 0.752. The number of unbranched alkanes of at least 4 members (excludes halogenated alkanes) is 1. The Morgan fingerprint density at radius 3 is 2.50 bits per heavy atom. The number of ketones is 1. The molecule has 0 amide bonds. The molecular formula is C15H18N2O. The molecule has 0 aliphatic carbocycles. The van der Waals surface area contributed by atoms with Gasteiger partial charge in [0.25, 0.3) is 0 Å². The molecule has 0 radical (unpaired) electrons. The van der Waals surface area contributed by atoms with E-state index in [-0.39, 0.29) is 5.78 Å². The van der Waals surface area contributed by atoms with Crippen LogP contribution in [0.1, 0.15) is 36.5 Å². The molecule has 0 saturated carbocycles. The standard InChI is InChI=1S/C15H18N2O/c1-3-4-5-15(18)13-8-6-12(7-9-13)14-10-16-17(2)11-14/h6-11H,3-5H2,1-2H3. The molecule has 3 heteroatoms. The van der Waals surface area contributed by atoms with Crippen LogP contribution in [0.15, 0.2) is 36.7 Å². The van der Waals surface area contributed by atoms with Gasteiger partial charge in [-0.15, -0.1) is 0 Å². The highest BCUT2D eigenvalue weighted by Gasteiger charge is 2.06. The van der Waals surface area contributed by atoms with Crippen molar-refractivity contribution in [2.24, 2.45) is 7.05 Å². The van der Waals surface area contributed by atoms with Crippen molar-refractivity contribution in [3.63, 3.8) is 0 Å². The van der Waals surface area contributed by atoms with Gasteiger partial charge in [-0.2, -0.15) is 5.10 Å². The Morgan fingerprint density at radius 2 is 1.94 bits per heavy atom. The van der Waals surface area contributed by atoms with Crippen molar-refractivity contribution in [2.45, 2.75) is 26.2 Å². The van der Waals surface area contributed by atoms with Gasteiger partial charge < -0.3 is 0 Å². The van der Waals surface area contributed by atoms with Crippen molar-refractivity contribution >= 4 is 5.78 Å². The minimum absolute atomic E-state index is 0.231. The van der Waals surface area contributed by atoms with Gasteiger partial charge in [0.05, 0.1) is 6.20 Å². The molecule has 0 spiro atoms. The number of aromatic nitrogens is 2. The first-order chi connectivity index (χ1) is 8.70. The van der Waals surface area contributed by atoms with Gasteiger partial charge >= 0.3 is 0 Å². The minimum atomic E-state index is 0.231. The van der Waals surface area contributed by atoms with Gasteiger partial charge in [0, 0.05) is 30.8 Å². The molecule has 1 aromatic carbocycles. The van der Waals surface area contributed by atoms with Crippen molar-refractivity contribution in [3.8, 4) is 11.1 Å². The summed E-state index contributed by atoms with van der Waals surface area (Å²) in [5.74, 6) is 0.231. The molecular weight excluding hydrogens is 224 g/mol. The van der Waals surface area contributed by atoms with E-state index in [2.05, 4.69) is 12.0 Å². The Morgan fingerprint density at radius 1 is 1.22 bits per heavy atom. The van der Waals surface area contributed by atoms with Crippen molar-refractivity contribution in [1.29, 1.82) is 0 Å². The van der Waals surface area contributed by atoms with Crippen LogP contribution in [0.4, 0.5) is 0 Å². The van der Waals surface area contributed by atoms with Gasteiger partial charge in [-0.25, -0.2) is 0 Å². The second-order valence-electron chi connectivity index (χ2n) is 4.51. The SMILES string of the molecule is CCCCC(=O)c1ccc(-c2cnn(C)c2)cc1. The van der Waals surface area contributed by atoms with Crippen molar-refractivity contribution in [2.75, 3.05) is 0 Å². The maximum Gasteiger partial charge on any atom is 0.162 e. The molecule has 0 aliphatic rings. The number of carbonyl (C=O) groups is 1. The van der Waals surface area contributed by atoms with E-state index >= 15 is 0 Å². The summed E-state index contributed by atoms with van der Waals surface area (Å²) in [5, 5.41) is 4.14. The number of hydrogen-bond acceptors (Lipinski definition) is 2. The molecule has 1 heterocycles. The molecule has 2 rings (SSSR count). The predicted octanol–water partition coefficient (Wildman–Crippen LogP) is 3.46. The Labute approximate surface area is 107 Å². The van der Waals surface area contributed by atoms with E-state index in [1.807, 2.05) is 43.7 Å². The number of rotatable bonds is 5. The summed E-state index contributed by atoms with van der Waals surface area (Å²) in [7, 11) is 1.89. The first kappa shape index (κ1) is 12.6. The average Bonchev–Trinajstić information content (AvgIpc) is 2.83. The first-order valence-electron chi connectivity index (χ1n) is 6.33. The maximum atomic E-state index is 11.8. The van der Waals surface area contributed by atoms with E-state index < -0.39 is 0 Å². The number of Topliss-reactive ketones (excluding diaryl/α,β-unsaturated/α-hetero) is 1. The largest absolute Gasteiger partial charge is 0.294 e. The fourth-order valence-corrected chi connectivity index (χ4v) is 1.90. The lowest BCUT2D eigenvalue weighted by Crippen LogP contribution is -1.98. The number of hydrogen-bond donors (Lipinski definition) is 0. The normalized spacial score (nSPS) is 10.6. The number of carbonyl (C=O) groups excluding carboxylic acids is 1. The highest BCUT2D eigenvalue weighted by atomic mass is 16.1. The summed E-state index contributed by atoms with van der Waals surface area (Å²) in [6.45, 7) is 2.10. The molecule has 0 unspecified atom stereocenters. The van der Waals surface area contributed by atoms with Crippen molar-refractivity contribution in [1.82, 2.24) is 9.78 Å². The topological polar surface area (TPSA) is 34.9 Å². The van der Waals surface area contributed by atoms with E-state index in [0.717, 1.165) is 29.5 Å². The summed E-state index contributed by atoms with van der Waals surface area (Å²) in [4.78, 5) is 11.8. The number of nitrogens with zero attached hydrogens (tertiary/aromatic N) is 2. The fraction of sp³-hybridized carbons (Fsp3) is 0.333. The Kier molecular flexibility index (Phi) is 3.92. The minimum Gasteiger partial charge on any atom is -0.294 e. The molecule has 18 heavy (non-hydrogen) atoms. The second-order valence-corrected chi connectivity index (χ2v) is 4.51. The van der Waals surface area contributed by atoms with Gasteiger partial charge in [0.1, 0.15) is 0 Å². The molecule has 2 aromatic rings. The van der Waals surface area contributed by atoms with Gasteiger partial charge in [0.2, 0.25) is 0 Å². The lowest BCUT2D eigenvalue weighted by Gasteiger charge is -2.02. The fourth-order valence-electron chi connectivity index (χ4n) is 1.90. The highest BCUT2D eigenvalue weighted by Crippen LogP contribution is 2.19. The van der Waals surface area contributed by atoms with Crippen molar-refractivity contribution in [3.05, 3.63) is 42.2 Å². The average molecular weight is 242 g/mol. The zero-order valence-corrected chi connectivity index (χ0v) is 10.9. The third-order valence-corrected chi connectivity index (χ3v) is 3.00.